The number of halogens is 1. The SMILES string of the molecule is C[N+](C)(C)CCO.I.O=C([O-])c1ccc[n+]([O-])c1. The molecule has 0 aliphatic carbocycles. The first-order valence-electron chi connectivity index (χ1n) is 5.08. The Morgan fingerprint density at radius 1 is 1.44 bits per heavy atom. The van der Waals surface area contributed by atoms with Crippen molar-refractivity contribution < 1.29 is 24.2 Å². The molecule has 0 spiro atoms. The average Bonchev–Trinajstić information content (AvgIpc) is 2.16. The van der Waals surface area contributed by atoms with Crippen LogP contribution >= 0.6 is 24.0 Å². The highest BCUT2D eigenvalue weighted by molar-refractivity contribution is 14.0. The van der Waals surface area contributed by atoms with Crippen molar-refractivity contribution in [3.63, 3.8) is 0 Å². The van der Waals surface area contributed by atoms with Crippen molar-refractivity contribution in [2.45, 2.75) is 0 Å². The van der Waals surface area contributed by atoms with E-state index in [9.17, 15) is 15.1 Å². The lowest BCUT2D eigenvalue weighted by Gasteiger charge is -2.21. The number of carboxylic acids is 1. The summed E-state index contributed by atoms with van der Waals surface area (Å²) in [6.45, 7) is 1.11. The van der Waals surface area contributed by atoms with Gasteiger partial charge in [0.25, 0.3) is 0 Å². The van der Waals surface area contributed by atoms with Crippen molar-refractivity contribution >= 4 is 29.9 Å². The van der Waals surface area contributed by atoms with Crippen LogP contribution in [-0.2, 0) is 0 Å². The van der Waals surface area contributed by atoms with Crippen molar-refractivity contribution in [1.29, 1.82) is 0 Å². The lowest BCUT2D eigenvalue weighted by Crippen LogP contribution is -2.36. The van der Waals surface area contributed by atoms with Crippen LogP contribution in [0, 0.1) is 5.21 Å². The quantitative estimate of drug-likeness (QED) is 0.320. The summed E-state index contributed by atoms with van der Waals surface area (Å²) in [4.78, 5) is 10.1. The number of quaternary nitrogens is 1. The highest BCUT2D eigenvalue weighted by atomic mass is 127. The number of carbonyl (C=O) groups excluding carboxylic acids is 1. The number of carboxylic acid groups (broad SMARTS) is 1. The van der Waals surface area contributed by atoms with E-state index in [1.165, 1.54) is 18.3 Å². The molecule has 104 valence electrons. The van der Waals surface area contributed by atoms with Crippen LogP contribution in [0.15, 0.2) is 24.5 Å². The molecule has 7 heteroatoms. The van der Waals surface area contributed by atoms with Crippen LogP contribution in [0.2, 0.25) is 0 Å². The molecule has 1 heterocycles. The Morgan fingerprint density at radius 3 is 2.22 bits per heavy atom. The third kappa shape index (κ3) is 10.2. The van der Waals surface area contributed by atoms with E-state index in [-0.39, 0.29) is 36.1 Å². The van der Waals surface area contributed by atoms with Crippen LogP contribution in [-0.4, -0.2) is 49.9 Å². The number of pyridine rings is 1. The highest BCUT2D eigenvalue weighted by Crippen LogP contribution is 1.89. The van der Waals surface area contributed by atoms with Crippen LogP contribution in [0.5, 0.6) is 0 Å². The predicted molar refractivity (Wildman–Crippen MR) is 75.1 cm³/mol. The minimum atomic E-state index is -1.34. The fraction of sp³-hybridized carbons (Fsp3) is 0.455. The van der Waals surface area contributed by atoms with Gasteiger partial charge in [-0.1, -0.05) is 0 Å². The van der Waals surface area contributed by atoms with Gasteiger partial charge in [0.2, 0.25) is 0 Å². The van der Waals surface area contributed by atoms with Crippen LogP contribution in [0.1, 0.15) is 10.4 Å². The molecule has 0 saturated carbocycles. The van der Waals surface area contributed by atoms with Crippen LogP contribution in [0.3, 0.4) is 0 Å². The zero-order valence-electron chi connectivity index (χ0n) is 10.7. The Balaban J connectivity index is 0. The molecule has 0 aliphatic heterocycles. The highest BCUT2D eigenvalue weighted by Gasteiger charge is 2.02. The Morgan fingerprint density at radius 2 is 2.00 bits per heavy atom. The van der Waals surface area contributed by atoms with Crippen molar-refractivity contribution in [3.05, 3.63) is 35.3 Å². The van der Waals surface area contributed by atoms with Gasteiger partial charge in [0.15, 0.2) is 12.4 Å². The van der Waals surface area contributed by atoms with Gasteiger partial charge in [-0.05, 0) is 6.07 Å². The number of aliphatic hydroxyl groups excluding tert-OH is 1. The first-order valence-corrected chi connectivity index (χ1v) is 5.08. The molecule has 1 aromatic rings. The van der Waals surface area contributed by atoms with Gasteiger partial charge in [-0.15, -0.1) is 24.0 Å². The third-order valence-corrected chi connectivity index (χ3v) is 1.78. The van der Waals surface area contributed by atoms with E-state index in [1.54, 1.807) is 0 Å². The lowest BCUT2D eigenvalue weighted by atomic mass is 10.3. The standard InChI is InChI=1S/C6H5NO3.C5H14NO.HI/c8-6(9)5-2-1-3-7(10)4-5;1-6(2,3)4-5-7;/h1-4H,(H,8,9);7H,4-5H2,1-3H3;1H/q;+1;/p-1. The van der Waals surface area contributed by atoms with Gasteiger partial charge in [0.05, 0.1) is 39.3 Å². The Labute approximate surface area is 124 Å². The largest absolute Gasteiger partial charge is 0.619 e. The smallest absolute Gasteiger partial charge is 0.189 e. The molecular formula is C11H19IN2O4. The number of hydrogen-bond donors (Lipinski definition) is 1. The van der Waals surface area contributed by atoms with E-state index in [0.29, 0.717) is 4.73 Å². The fourth-order valence-electron chi connectivity index (χ4n) is 0.875. The minimum Gasteiger partial charge on any atom is -0.619 e. The van der Waals surface area contributed by atoms with Crippen molar-refractivity contribution in [2.24, 2.45) is 0 Å². The van der Waals surface area contributed by atoms with E-state index in [2.05, 4.69) is 21.1 Å². The number of hydrogen-bond acceptors (Lipinski definition) is 4. The summed E-state index contributed by atoms with van der Waals surface area (Å²) in [5.41, 5.74) is -0.113. The van der Waals surface area contributed by atoms with E-state index in [0.717, 1.165) is 17.2 Å². The molecular weight excluding hydrogens is 351 g/mol. The molecule has 6 nitrogen and oxygen atoms in total. The second-order valence-corrected chi connectivity index (χ2v) is 4.48. The van der Waals surface area contributed by atoms with Gasteiger partial charge >= 0.3 is 0 Å². The molecule has 0 atom stereocenters. The van der Waals surface area contributed by atoms with Crippen molar-refractivity contribution in [3.8, 4) is 0 Å². The van der Waals surface area contributed by atoms with Crippen LogP contribution in [0.25, 0.3) is 0 Å². The zero-order chi connectivity index (χ0) is 13.5. The lowest BCUT2D eigenvalue weighted by molar-refractivity contribution is -0.870. The Kier molecular flexibility index (Phi) is 9.77. The molecule has 0 aliphatic rings. The maximum Gasteiger partial charge on any atom is 0.189 e. The fourth-order valence-corrected chi connectivity index (χ4v) is 0.875. The first kappa shape index (κ1) is 19.4. The molecule has 0 aromatic carbocycles. The van der Waals surface area contributed by atoms with Gasteiger partial charge in [-0.25, -0.2) is 0 Å². The minimum absolute atomic E-state index is 0. The van der Waals surface area contributed by atoms with Crippen molar-refractivity contribution in [1.82, 2.24) is 0 Å². The summed E-state index contributed by atoms with van der Waals surface area (Å²) >= 11 is 0. The van der Waals surface area contributed by atoms with Gasteiger partial charge in [-0.2, -0.15) is 4.73 Å². The normalized spacial score (nSPS) is 9.78. The molecule has 0 saturated heterocycles. The van der Waals surface area contributed by atoms with E-state index in [4.69, 9.17) is 5.11 Å². The van der Waals surface area contributed by atoms with E-state index >= 15 is 0 Å². The number of carbonyl (C=O) groups is 1. The Bertz CT molecular complexity index is 366. The summed E-state index contributed by atoms with van der Waals surface area (Å²) < 4.78 is 1.25. The van der Waals surface area contributed by atoms with Crippen molar-refractivity contribution in [2.75, 3.05) is 34.3 Å². The predicted octanol–water partition coefficient (Wildman–Crippen LogP) is -1.01. The van der Waals surface area contributed by atoms with Crippen LogP contribution < -0.4 is 9.84 Å². The third-order valence-electron chi connectivity index (χ3n) is 1.78. The number of likely N-dealkylation sites (N-methyl/N-ethyl adjacent to an activating group) is 1. The second-order valence-electron chi connectivity index (χ2n) is 4.48. The molecule has 0 unspecified atom stereocenters. The summed E-state index contributed by atoms with van der Waals surface area (Å²) in [5.74, 6) is -1.34. The topological polar surface area (TPSA) is 87.3 Å². The number of rotatable bonds is 3. The molecule has 0 radical (unpaired) electrons. The van der Waals surface area contributed by atoms with E-state index in [1.807, 2.05) is 0 Å². The Hall–Kier alpha value is -0.930. The molecule has 18 heavy (non-hydrogen) atoms. The monoisotopic (exact) mass is 370 g/mol. The van der Waals surface area contributed by atoms with Gasteiger partial charge < -0.3 is 24.7 Å². The van der Waals surface area contributed by atoms with E-state index < -0.39 is 5.97 Å². The number of nitrogens with zero attached hydrogens (tertiary/aromatic N) is 2. The molecule has 1 aromatic heterocycles. The first-order chi connectivity index (χ1) is 7.76. The van der Waals surface area contributed by atoms with Gasteiger partial charge in [-0.3, -0.25) is 0 Å². The molecule has 0 fully saturated rings. The zero-order valence-corrected chi connectivity index (χ0v) is 13.0. The van der Waals surface area contributed by atoms with Gasteiger partial charge in [0.1, 0.15) is 6.54 Å². The molecule has 0 bridgehead atoms. The van der Waals surface area contributed by atoms with Crippen LogP contribution in [0.4, 0.5) is 0 Å². The maximum atomic E-state index is 10.4. The number of aromatic nitrogens is 1. The summed E-state index contributed by atoms with van der Waals surface area (Å²) in [6.07, 6.45) is 2.14. The summed E-state index contributed by atoms with van der Waals surface area (Å²) in [5, 5.41) is 28.9. The summed E-state index contributed by atoms with van der Waals surface area (Å²) in [6, 6.07) is 2.64. The number of aromatic carboxylic acids is 1. The summed E-state index contributed by atoms with van der Waals surface area (Å²) in [7, 11) is 6.16. The average molecular weight is 370 g/mol. The molecule has 1 rings (SSSR count). The second kappa shape index (κ2) is 9.06. The molecule has 1 N–H and O–H groups in total. The number of aliphatic hydroxyl groups is 1. The maximum absolute atomic E-state index is 10.4. The van der Waals surface area contributed by atoms with Gasteiger partial charge in [0, 0.05) is 6.07 Å². The molecule has 0 amide bonds.